The molecule has 5 nitrogen and oxygen atoms in total. The van der Waals surface area contributed by atoms with E-state index in [0.29, 0.717) is 23.8 Å². The summed E-state index contributed by atoms with van der Waals surface area (Å²) in [6, 6.07) is 14.3. The minimum Gasteiger partial charge on any atom is -0.494 e. The number of carbonyl (C=O) groups excluding carboxylic acids is 2. The van der Waals surface area contributed by atoms with E-state index >= 15 is 0 Å². The molecule has 0 aromatic heterocycles. The first-order valence-corrected chi connectivity index (χ1v) is 10.1. The molecular formula is C23H26N2O3. The van der Waals surface area contributed by atoms with E-state index in [9.17, 15) is 9.59 Å². The molecule has 2 N–H and O–H groups in total. The van der Waals surface area contributed by atoms with Crippen molar-refractivity contribution in [3.8, 4) is 5.75 Å². The van der Waals surface area contributed by atoms with Crippen LogP contribution in [0.1, 0.15) is 43.0 Å². The molecule has 28 heavy (non-hydrogen) atoms. The van der Waals surface area contributed by atoms with Gasteiger partial charge in [0, 0.05) is 22.9 Å². The van der Waals surface area contributed by atoms with Crippen molar-refractivity contribution in [2.75, 3.05) is 17.2 Å². The Bertz CT molecular complexity index is 845. The maximum absolute atomic E-state index is 12.5. The van der Waals surface area contributed by atoms with Gasteiger partial charge in [-0.3, -0.25) is 9.59 Å². The lowest BCUT2D eigenvalue weighted by Gasteiger charge is -2.20. The summed E-state index contributed by atoms with van der Waals surface area (Å²) < 4.78 is 5.40. The van der Waals surface area contributed by atoms with Gasteiger partial charge in [0.25, 0.3) is 5.91 Å². The maximum atomic E-state index is 12.5. The standard InChI is InChI=1S/C23H26N2O3/c1-2-28-20-11-9-19(10-12-20)24-22(26)16-5-7-18(8-6-16)25-23(27)21-14-15-3-4-17(21)13-15/h5-12,15,17,21H,2-4,13-14H2,1H3,(H,24,26)(H,25,27). The molecule has 2 aliphatic rings. The molecule has 0 spiro atoms. The van der Waals surface area contributed by atoms with Crippen LogP contribution in [-0.2, 0) is 4.79 Å². The molecule has 0 saturated heterocycles. The molecule has 2 fully saturated rings. The summed E-state index contributed by atoms with van der Waals surface area (Å²) in [7, 11) is 0. The number of hydrogen-bond donors (Lipinski definition) is 2. The molecule has 146 valence electrons. The van der Waals surface area contributed by atoms with Gasteiger partial charge in [0.05, 0.1) is 6.61 Å². The summed E-state index contributed by atoms with van der Waals surface area (Å²) in [6.45, 7) is 2.54. The predicted molar refractivity (Wildman–Crippen MR) is 110 cm³/mol. The Morgan fingerprint density at radius 2 is 1.61 bits per heavy atom. The van der Waals surface area contributed by atoms with Crippen LogP contribution < -0.4 is 15.4 Å². The number of amides is 2. The van der Waals surface area contributed by atoms with E-state index < -0.39 is 0 Å². The minimum absolute atomic E-state index is 0.124. The molecule has 2 amide bonds. The molecule has 2 aliphatic carbocycles. The number of ether oxygens (including phenoxy) is 1. The molecule has 2 bridgehead atoms. The monoisotopic (exact) mass is 378 g/mol. The van der Waals surface area contributed by atoms with Crippen LogP contribution in [0.15, 0.2) is 48.5 Å². The zero-order chi connectivity index (χ0) is 19.5. The molecule has 3 unspecified atom stereocenters. The van der Waals surface area contributed by atoms with E-state index in [1.807, 2.05) is 31.2 Å². The van der Waals surface area contributed by atoms with Crippen LogP contribution in [0.4, 0.5) is 11.4 Å². The van der Waals surface area contributed by atoms with E-state index in [2.05, 4.69) is 10.6 Å². The first kappa shape index (κ1) is 18.5. The summed E-state index contributed by atoms with van der Waals surface area (Å²) >= 11 is 0. The van der Waals surface area contributed by atoms with Gasteiger partial charge >= 0.3 is 0 Å². The number of carbonyl (C=O) groups is 2. The first-order chi connectivity index (χ1) is 13.6. The molecule has 3 atom stereocenters. The van der Waals surface area contributed by atoms with E-state index in [-0.39, 0.29) is 17.7 Å². The summed E-state index contributed by atoms with van der Waals surface area (Å²) in [5, 5.41) is 5.89. The molecule has 2 saturated carbocycles. The normalized spacial score (nSPS) is 22.7. The SMILES string of the molecule is CCOc1ccc(NC(=O)c2ccc(NC(=O)C3CC4CCC3C4)cc2)cc1. The minimum atomic E-state index is -0.185. The second kappa shape index (κ2) is 8.05. The fraction of sp³-hybridized carbons (Fsp3) is 0.391. The summed E-state index contributed by atoms with van der Waals surface area (Å²) in [6.07, 6.45) is 4.71. The number of fused-ring (bicyclic) bond motifs is 2. The fourth-order valence-electron chi connectivity index (χ4n) is 4.51. The lowest BCUT2D eigenvalue weighted by Crippen LogP contribution is -2.27. The number of benzene rings is 2. The third-order valence-corrected chi connectivity index (χ3v) is 5.91. The molecule has 0 aliphatic heterocycles. The molecule has 2 aromatic carbocycles. The van der Waals surface area contributed by atoms with Crippen molar-refractivity contribution in [1.29, 1.82) is 0 Å². The maximum Gasteiger partial charge on any atom is 0.255 e. The largest absolute Gasteiger partial charge is 0.494 e. The average molecular weight is 378 g/mol. The smallest absolute Gasteiger partial charge is 0.255 e. The molecule has 2 aromatic rings. The lowest BCUT2D eigenvalue weighted by atomic mass is 9.88. The second-order valence-electron chi connectivity index (χ2n) is 7.76. The Morgan fingerprint density at radius 1 is 0.929 bits per heavy atom. The van der Waals surface area contributed by atoms with Crippen molar-refractivity contribution in [3.63, 3.8) is 0 Å². The highest BCUT2D eigenvalue weighted by Gasteiger charge is 2.42. The van der Waals surface area contributed by atoms with Crippen LogP contribution in [0.2, 0.25) is 0 Å². The molecule has 0 heterocycles. The highest BCUT2D eigenvalue weighted by Crippen LogP contribution is 2.48. The van der Waals surface area contributed by atoms with Gasteiger partial charge in [-0.05, 0) is 86.6 Å². The average Bonchev–Trinajstić information content (AvgIpc) is 3.34. The van der Waals surface area contributed by atoms with Gasteiger partial charge in [-0.25, -0.2) is 0 Å². The summed E-state index contributed by atoms with van der Waals surface area (Å²) in [5.74, 6) is 2.17. The number of nitrogens with one attached hydrogen (secondary N) is 2. The van der Waals surface area contributed by atoms with Crippen molar-refractivity contribution in [1.82, 2.24) is 0 Å². The van der Waals surface area contributed by atoms with Crippen molar-refractivity contribution in [2.45, 2.75) is 32.6 Å². The van der Waals surface area contributed by atoms with Gasteiger partial charge in [-0.1, -0.05) is 6.42 Å². The van der Waals surface area contributed by atoms with Gasteiger partial charge in [0.1, 0.15) is 5.75 Å². The molecular weight excluding hydrogens is 352 g/mol. The van der Waals surface area contributed by atoms with Crippen molar-refractivity contribution in [2.24, 2.45) is 17.8 Å². The van der Waals surface area contributed by atoms with E-state index in [0.717, 1.165) is 23.8 Å². The Kier molecular flexibility index (Phi) is 5.33. The Morgan fingerprint density at radius 3 is 2.21 bits per heavy atom. The second-order valence-corrected chi connectivity index (χ2v) is 7.76. The van der Waals surface area contributed by atoms with E-state index in [1.165, 1.54) is 19.3 Å². The summed E-state index contributed by atoms with van der Waals surface area (Å²) in [4.78, 5) is 25.0. The van der Waals surface area contributed by atoms with Crippen molar-refractivity contribution >= 4 is 23.2 Å². The lowest BCUT2D eigenvalue weighted by molar-refractivity contribution is -0.121. The van der Waals surface area contributed by atoms with Crippen LogP contribution in [0.5, 0.6) is 5.75 Å². The quantitative estimate of drug-likeness (QED) is 0.765. The molecule has 5 heteroatoms. The highest BCUT2D eigenvalue weighted by atomic mass is 16.5. The molecule has 4 rings (SSSR count). The Balaban J connectivity index is 1.33. The van der Waals surface area contributed by atoms with Crippen molar-refractivity contribution < 1.29 is 14.3 Å². The topological polar surface area (TPSA) is 67.4 Å². The number of anilines is 2. The Hall–Kier alpha value is -2.82. The van der Waals surface area contributed by atoms with Crippen LogP contribution in [0.25, 0.3) is 0 Å². The van der Waals surface area contributed by atoms with Crippen LogP contribution in [0, 0.1) is 17.8 Å². The van der Waals surface area contributed by atoms with Gasteiger partial charge in [-0.2, -0.15) is 0 Å². The van der Waals surface area contributed by atoms with Gasteiger partial charge in [0.15, 0.2) is 0 Å². The van der Waals surface area contributed by atoms with Crippen LogP contribution in [-0.4, -0.2) is 18.4 Å². The third-order valence-electron chi connectivity index (χ3n) is 5.91. The van der Waals surface area contributed by atoms with Crippen molar-refractivity contribution in [3.05, 3.63) is 54.1 Å². The van der Waals surface area contributed by atoms with E-state index in [1.54, 1.807) is 24.3 Å². The summed E-state index contributed by atoms with van der Waals surface area (Å²) in [5.41, 5.74) is 2.00. The fourth-order valence-corrected chi connectivity index (χ4v) is 4.51. The highest BCUT2D eigenvalue weighted by molar-refractivity contribution is 6.04. The van der Waals surface area contributed by atoms with E-state index in [4.69, 9.17) is 4.74 Å². The van der Waals surface area contributed by atoms with Gasteiger partial charge < -0.3 is 15.4 Å². The third kappa shape index (κ3) is 4.03. The van der Waals surface area contributed by atoms with Gasteiger partial charge in [-0.15, -0.1) is 0 Å². The predicted octanol–water partition coefficient (Wildman–Crippen LogP) is 4.71. The van der Waals surface area contributed by atoms with Crippen LogP contribution >= 0.6 is 0 Å². The van der Waals surface area contributed by atoms with Crippen LogP contribution in [0.3, 0.4) is 0 Å². The molecule has 0 radical (unpaired) electrons. The number of hydrogen-bond acceptors (Lipinski definition) is 3. The zero-order valence-electron chi connectivity index (χ0n) is 16.1. The first-order valence-electron chi connectivity index (χ1n) is 10.1. The Labute approximate surface area is 165 Å². The number of rotatable bonds is 6. The van der Waals surface area contributed by atoms with Gasteiger partial charge in [0.2, 0.25) is 5.91 Å². The zero-order valence-corrected chi connectivity index (χ0v) is 16.1.